The lowest BCUT2D eigenvalue weighted by Gasteiger charge is -2.18. The molecule has 0 N–H and O–H groups in total. The quantitative estimate of drug-likeness (QED) is 0.0843. The van der Waals surface area contributed by atoms with E-state index >= 15 is 0 Å². The highest BCUT2D eigenvalue weighted by Crippen LogP contribution is 2.33. The molecule has 1 saturated heterocycles. The first-order chi connectivity index (χ1) is 13.1. The number of nitrogens with zero attached hydrogens (tertiary/aromatic N) is 1. The number of carbonyl (C=O) groups excluding carboxylic acids is 1. The van der Waals surface area contributed by atoms with Gasteiger partial charge in [0.05, 0.1) is 0 Å². The van der Waals surface area contributed by atoms with Crippen molar-refractivity contribution in [1.29, 1.82) is 0 Å². The zero-order valence-electron chi connectivity index (χ0n) is 17.5. The van der Waals surface area contributed by atoms with E-state index < -0.39 is 0 Å². The third-order valence-corrected chi connectivity index (χ3v) is 7.24. The molecule has 1 aliphatic heterocycles. The maximum atomic E-state index is 12.3. The summed E-state index contributed by atoms with van der Waals surface area (Å²) in [6, 6.07) is 0. The van der Waals surface area contributed by atoms with Crippen LogP contribution < -0.4 is 0 Å². The highest BCUT2D eigenvalue weighted by Gasteiger charge is 2.41. The number of carbonyl (C=O) groups is 1. The van der Waals surface area contributed by atoms with Crippen LogP contribution in [0.4, 0.5) is 0 Å². The molecule has 0 radical (unpaired) electrons. The van der Waals surface area contributed by atoms with Gasteiger partial charge in [0.25, 0.3) is 0 Å². The van der Waals surface area contributed by atoms with Crippen LogP contribution in [-0.4, -0.2) is 27.3 Å². The first kappa shape index (κ1) is 24.7. The van der Waals surface area contributed by atoms with Gasteiger partial charge in [0.1, 0.15) is 3.42 Å². The zero-order valence-corrected chi connectivity index (χ0v) is 19.7. The number of allylic oxidation sites excluding steroid dienone is 1. The van der Waals surface area contributed by atoms with Gasteiger partial charge in [-0.15, -0.1) is 13.2 Å². The third kappa shape index (κ3) is 10.7. The van der Waals surface area contributed by atoms with Crippen molar-refractivity contribution < 1.29 is 4.79 Å². The highest BCUT2D eigenvalue weighted by molar-refractivity contribution is 14.1. The number of amides is 1. The minimum Gasteiger partial charge on any atom is -0.341 e. The molecule has 3 heteroatoms. The number of likely N-dealkylation sites (tertiary alicyclic amines) is 1. The number of unbranched alkanes of at least 4 members (excludes halogenated alkanes) is 14. The summed E-state index contributed by atoms with van der Waals surface area (Å²) in [6.45, 7) is 9.44. The van der Waals surface area contributed by atoms with Crippen molar-refractivity contribution in [3.05, 3.63) is 25.3 Å². The Morgan fingerprint density at radius 3 is 1.67 bits per heavy atom. The summed E-state index contributed by atoms with van der Waals surface area (Å²) in [7, 11) is 0. The maximum Gasteiger partial charge on any atom is 0.242 e. The Morgan fingerprint density at radius 2 is 1.26 bits per heavy atom. The van der Waals surface area contributed by atoms with Crippen molar-refractivity contribution in [3.63, 3.8) is 0 Å². The van der Waals surface area contributed by atoms with Crippen LogP contribution in [0.15, 0.2) is 25.3 Å². The summed E-state index contributed by atoms with van der Waals surface area (Å²) in [4.78, 5) is 14.3. The number of rotatable bonds is 18. The Hall–Kier alpha value is -0.320. The van der Waals surface area contributed by atoms with Crippen molar-refractivity contribution in [1.82, 2.24) is 4.90 Å². The summed E-state index contributed by atoms with van der Waals surface area (Å²) in [5, 5.41) is 0. The van der Waals surface area contributed by atoms with Crippen LogP contribution in [0.5, 0.6) is 0 Å². The van der Waals surface area contributed by atoms with Gasteiger partial charge in [-0.2, -0.15) is 0 Å². The minimum atomic E-state index is -0.330. The molecule has 2 nitrogen and oxygen atoms in total. The molecule has 1 heterocycles. The Kier molecular flexibility index (Phi) is 14.3. The van der Waals surface area contributed by atoms with Crippen molar-refractivity contribution in [2.45, 2.75) is 106 Å². The fourth-order valence-electron chi connectivity index (χ4n) is 3.88. The molecule has 27 heavy (non-hydrogen) atoms. The van der Waals surface area contributed by atoms with Gasteiger partial charge in [0.2, 0.25) is 5.91 Å². The Morgan fingerprint density at radius 1 is 0.815 bits per heavy atom. The van der Waals surface area contributed by atoms with Crippen LogP contribution in [-0.2, 0) is 4.79 Å². The third-order valence-electron chi connectivity index (χ3n) is 5.80. The fourth-order valence-corrected chi connectivity index (χ4v) is 4.47. The van der Waals surface area contributed by atoms with Crippen LogP contribution in [0.25, 0.3) is 0 Å². The van der Waals surface area contributed by atoms with E-state index in [4.69, 9.17) is 0 Å². The lowest BCUT2D eigenvalue weighted by molar-refractivity contribution is -0.128. The summed E-state index contributed by atoms with van der Waals surface area (Å²) >= 11 is 2.26. The lowest BCUT2D eigenvalue weighted by atomic mass is 10.0. The standard InChI is InChI=1S/C24H42INO/c1-3-5-6-7-8-9-10-11-12-13-14-15-16-17-18-19-21-26-22-20-24(25,4-2)23(26)27/h3-4H,1-2,5-22H2. The minimum absolute atomic E-state index is 0.273. The number of halogens is 1. The molecular formula is C24H42INO. The SMILES string of the molecule is C=CCCCCCCCCCCCCCCCCN1CCC(I)(C=C)C1=O. The van der Waals surface area contributed by atoms with Crippen molar-refractivity contribution in [3.8, 4) is 0 Å². The van der Waals surface area contributed by atoms with Gasteiger partial charge in [-0.3, -0.25) is 4.79 Å². The average molecular weight is 488 g/mol. The monoisotopic (exact) mass is 487 g/mol. The molecule has 1 fully saturated rings. The molecule has 0 spiro atoms. The summed E-state index contributed by atoms with van der Waals surface area (Å²) in [5.41, 5.74) is 0. The van der Waals surface area contributed by atoms with Gasteiger partial charge in [0, 0.05) is 13.1 Å². The highest BCUT2D eigenvalue weighted by atomic mass is 127. The fraction of sp³-hybridized carbons (Fsp3) is 0.792. The van der Waals surface area contributed by atoms with Gasteiger partial charge >= 0.3 is 0 Å². The molecule has 0 aromatic carbocycles. The second-order valence-corrected chi connectivity index (χ2v) is 10.1. The van der Waals surface area contributed by atoms with E-state index in [1.165, 1.54) is 89.9 Å². The van der Waals surface area contributed by atoms with Crippen LogP contribution in [0, 0.1) is 0 Å². The predicted molar refractivity (Wildman–Crippen MR) is 128 cm³/mol. The molecule has 0 aromatic rings. The molecule has 1 amide bonds. The van der Waals surface area contributed by atoms with E-state index in [0.717, 1.165) is 25.9 Å². The van der Waals surface area contributed by atoms with Crippen LogP contribution in [0.1, 0.15) is 103 Å². The van der Waals surface area contributed by atoms with Crippen molar-refractivity contribution >= 4 is 28.5 Å². The molecule has 1 aliphatic rings. The van der Waals surface area contributed by atoms with Crippen LogP contribution in [0.2, 0.25) is 0 Å². The van der Waals surface area contributed by atoms with Gasteiger partial charge in [-0.1, -0.05) is 112 Å². The average Bonchev–Trinajstić information content (AvgIpc) is 2.96. The largest absolute Gasteiger partial charge is 0.341 e. The molecule has 156 valence electrons. The van der Waals surface area contributed by atoms with Crippen molar-refractivity contribution in [2.24, 2.45) is 0 Å². The van der Waals surface area contributed by atoms with Crippen molar-refractivity contribution in [2.75, 3.05) is 13.1 Å². The normalized spacial score (nSPS) is 19.6. The summed E-state index contributed by atoms with van der Waals surface area (Å²) in [6.07, 6.45) is 25.1. The molecule has 1 unspecified atom stereocenters. The molecule has 0 aromatic heterocycles. The van der Waals surface area contributed by atoms with E-state index in [9.17, 15) is 4.79 Å². The number of hydrogen-bond donors (Lipinski definition) is 0. The summed E-state index contributed by atoms with van der Waals surface area (Å²) < 4.78 is -0.330. The Labute approximate surface area is 182 Å². The molecule has 0 bridgehead atoms. The second kappa shape index (κ2) is 15.6. The Bertz CT molecular complexity index is 423. The van der Waals surface area contributed by atoms with E-state index in [-0.39, 0.29) is 9.33 Å². The maximum absolute atomic E-state index is 12.3. The van der Waals surface area contributed by atoms with E-state index in [1.54, 1.807) is 0 Å². The number of alkyl halides is 1. The molecule has 1 rings (SSSR count). The molecule has 0 aliphatic carbocycles. The van der Waals surface area contributed by atoms with Gasteiger partial charge in [-0.25, -0.2) is 0 Å². The van der Waals surface area contributed by atoms with Crippen LogP contribution >= 0.6 is 22.6 Å². The smallest absolute Gasteiger partial charge is 0.242 e. The molecule has 0 saturated carbocycles. The number of hydrogen-bond acceptors (Lipinski definition) is 1. The molecule has 1 atom stereocenters. The zero-order chi connectivity index (χ0) is 19.8. The first-order valence-corrected chi connectivity index (χ1v) is 12.4. The topological polar surface area (TPSA) is 20.3 Å². The predicted octanol–water partition coefficient (Wildman–Crippen LogP) is 7.62. The molecular weight excluding hydrogens is 445 g/mol. The van der Waals surface area contributed by atoms with E-state index in [2.05, 4.69) is 35.7 Å². The van der Waals surface area contributed by atoms with Gasteiger partial charge in [-0.05, 0) is 25.7 Å². The van der Waals surface area contributed by atoms with Crippen LogP contribution in [0.3, 0.4) is 0 Å². The van der Waals surface area contributed by atoms with Gasteiger partial charge < -0.3 is 4.90 Å². The van der Waals surface area contributed by atoms with E-state index in [1.807, 2.05) is 17.1 Å². The first-order valence-electron chi connectivity index (χ1n) is 11.4. The lowest BCUT2D eigenvalue weighted by Crippen LogP contribution is -2.34. The van der Waals surface area contributed by atoms with Gasteiger partial charge in [0.15, 0.2) is 0 Å². The van der Waals surface area contributed by atoms with E-state index in [0.29, 0.717) is 0 Å². The summed E-state index contributed by atoms with van der Waals surface area (Å²) in [5.74, 6) is 0.273. The Balaban J connectivity index is 1.80. The second-order valence-electron chi connectivity index (χ2n) is 8.14.